The molecule has 0 aliphatic rings. The van der Waals surface area contributed by atoms with E-state index in [0.29, 0.717) is 17.6 Å². The summed E-state index contributed by atoms with van der Waals surface area (Å²) in [4.78, 5) is 20.6. The van der Waals surface area contributed by atoms with Crippen molar-refractivity contribution in [3.05, 3.63) is 170 Å². The average molecular weight is 641 g/mol. The van der Waals surface area contributed by atoms with Crippen LogP contribution in [0, 0.1) is 0 Å². The Morgan fingerprint density at radius 2 is 0.940 bits per heavy atom. The van der Waals surface area contributed by atoms with Crippen molar-refractivity contribution in [1.82, 2.24) is 29.1 Å². The molecule has 3 aromatic heterocycles. The second kappa shape index (κ2) is 11.4. The maximum atomic E-state index is 5.37. The highest BCUT2D eigenvalue weighted by Crippen LogP contribution is 2.38. The van der Waals surface area contributed by atoms with Crippen molar-refractivity contribution < 1.29 is 0 Å². The van der Waals surface area contributed by atoms with E-state index in [2.05, 4.69) is 106 Å². The van der Waals surface area contributed by atoms with E-state index in [4.69, 9.17) is 19.9 Å². The highest BCUT2D eigenvalue weighted by atomic mass is 15.2. The Kier molecular flexibility index (Phi) is 6.39. The maximum absolute atomic E-state index is 5.37. The van der Waals surface area contributed by atoms with Crippen molar-refractivity contribution in [1.29, 1.82) is 0 Å². The summed E-state index contributed by atoms with van der Waals surface area (Å²) in [6.45, 7) is 0. The van der Waals surface area contributed by atoms with Crippen LogP contribution >= 0.6 is 0 Å². The molecule has 3 heterocycles. The van der Waals surface area contributed by atoms with E-state index in [-0.39, 0.29) is 0 Å². The number of hydrogen-bond donors (Lipinski definition) is 0. The fourth-order valence-corrected chi connectivity index (χ4v) is 7.06. The van der Waals surface area contributed by atoms with Crippen molar-refractivity contribution in [2.45, 2.75) is 0 Å². The molecule has 0 radical (unpaired) electrons. The maximum Gasteiger partial charge on any atom is 0.238 e. The molecular weight excluding hydrogens is 613 g/mol. The number of benzene rings is 7. The lowest BCUT2D eigenvalue weighted by Gasteiger charge is -2.11. The van der Waals surface area contributed by atoms with Gasteiger partial charge in [0.05, 0.1) is 22.1 Å². The SMILES string of the molecule is c1ccc(-c2nc(-c3ccccc3)nc(-n3c4ccccc4c4cc5ccc6c(nc(-c7ccccc7)n6-c6ccccc6)c5cc43)n2)cc1. The zero-order chi connectivity index (χ0) is 33.0. The zero-order valence-electron chi connectivity index (χ0n) is 26.8. The minimum Gasteiger partial charge on any atom is -0.292 e. The lowest BCUT2D eigenvalue weighted by atomic mass is 10.0. The van der Waals surface area contributed by atoms with Crippen molar-refractivity contribution >= 4 is 43.6 Å². The van der Waals surface area contributed by atoms with Gasteiger partial charge in [0, 0.05) is 38.5 Å². The Morgan fingerprint density at radius 3 is 1.60 bits per heavy atom. The van der Waals surface area contributed by atoms with Crippen molar-refractivity contribution in [2.75, 3.05) is 0 Å². The molecule has 0 aliphatic carbocycles. The van der Waals surface area contributed by atoms with Gasteiger partial charge in [-0.15, -0.1) is 0 Å². The number of imidazole rings is 1. The Morgan fingerprint density at radius 1 is 0.360 bits per heavy atom. The summed E-state index contributed by atoms with van der Waals surface area (Å²) in [5.41, 5.74) is 8.00. The second-order valence-corrected chi connectivity index (χ2v) is 12.4. The molecule has 0 fully saturated rings. The van der Waals surface area contributed by atoms with Gasteiger partial charge < -0.3 is 0 Å². The van der Waals surface area contributed by atoms with Crippen LogP contribution in [0.4, 0.5) is 0 Å². The van der Waals surface area contributed by atoms with Crippen LogP contribution in [0.2, 0.25) is 0 Å². The molecule has 7 aromatic carbocycles. The standard InChI is InChI=1S/C44H28N6/c1-5-15-29(16-6-1)41-46-42(30-17-7-2-8-18-30)48-44(47-41)50-37-24-14-13-23-34(37)36-27-32-25-26-38-40(35(32)28-39(36)50)45-43(31-19-9-3-10-20-31)49(38)33-21-11-4-12-22-33/h1-28H. The van der Waals surface area contributed by atoms with E-state index < -0.39 is 0 Å². The first kappa shape index (κ1) is 28.1. The third kappa shape index (κ3) is 4.50. The van der Waals surface area contributed by atoms with Gasteiger partial charge in [-0.1, -0.05) is 133 Å². The van der Waals surface area contributed by atoms with Gasteiger partial charge in [-0.2, -0.15) is 9.97 Å². The number of nitrogens with zero attached hydrogens (tertiary/aromatic N) is 6. The summed E-state index contributed by atoms with van der Waals surface area (Å²) in [7, 11) is 0. The highest BCUT2D eigenvalue weighted by Gasteiger charge is 2.21. The first-order chi connectivity index (χ1) is 24.8. The monoisotopic (exact) mass is 640 g/mol. The van der Waals surface area contributed by atoms with Crippen molar-refractivity contribution in [2.24, 2.45) is 0 Å². The van der Waals surface area contributed by atoms with E-state index in [1.165, 1.54) is 0 Å². The molecule has 0 atom stereocenters. The van der Waals surface area contributed by atoms with Gasteiger partial charge in [0.2, 0.25) is 5.95 Å². The fraction of sp³-hybridized carbons (Fsp3) is 0. The molecular formula is C44H28N6. The molecule has 50 heavy (non-hydrogen) atoms. The van der Waals surface area contributed by atoms with Gasteiger partial charge in [-0.25, -0.2) is 9.97 Å². The Hall–Kier alpha value is -6.92. The first-order valence-electron chi connectivity index (χ1n) is 16.7. The minimum absolute atomic E-state index is 0.565. The molecule has 10 rings (SSSR count). The number of para-hydroxylation sites is 2. The van der Waals surface area contributed by atoms with E-state index in [0.717, 1.165) is 71.8 Å². The van der Waals surface area contributed by atoms with E-state index in [1.54, 1.807) is 0 Å². The van der Waals surface area contributed by atoms with E-state index in [1.807, 2.05) is 72.8 Å². The largest absolute Gasteiger partial charge is 0.292 e. The Labute approximate surface area is 287 Å². The summed E-state index contributed by atoms with van der Waals surface area (Å²) in [5.74, 6) is 2.71. The quantitative estimate of drug-likeness (QED) is 0.188. The van der Waals surface area contributed by atoms with Crippen LogP contribution in [-0.4, -0.2) is 29.1 Å². The molecule has 0 aliphatic heterocycles. The summed E-state index contributed by atoms with van der Waals surface area (Å²) in [6.07, 6.45) is 0. The molecule has 0 spiro atoms. The summed E-state index contributed by atoms with van der Waals surface area (Å²) < 4.78 is 4.43. The number of rotatable bonds is 5. The minimum atomic E-state index is 0.565. The summed E-state index contributed by atoms with van der Waals surface area (Å²) in [6, 6.07) is 58.5. The summed E-state index contributed by atoms with van der Waals surface area (Å²) in [5, 5.41) is 4.44. The van der Waals surface area contributed by atoms with Gasteiger partial charge >= 0.3 is 0 Å². The molecule has 234 valence electrons. The number of aromatic nitrogens is 6. The molecule has 10 aromatic rings. The fourth-order valence-electron chi connectivity index (χ4n) is 7.06. The summed E-state index contributed by atoms with van der Waals surface area (Å²) >= 11 is 0. The van der Waals surface area contributed by atoms with Gasteiger partial charge in [0.25, 0.3) is 0 Å². The van der Waals surface area contributed by atoms with E-state index >= 15 is 0 Å². The first-order valence-corrected chi connectivity index (χ1v) is 16.7. The average Bonchev–Trinajstić information content (AvgIpc) is 3.75. The molecule has 0 N–H and O–H groups in total. The lowest BCUT2D eigenvalue weighted by Crippen LogP contribution is -2.06. The predicted octanol–water partition coefficient (Wildman–Crippen LogP) is 10.5. The molecule has 0 saturated heterocycles. The highest BCUT2D eigenvalue weighted by molar-refractivity contribution is 6.17. The van der Waals surface area contributed by atoms with Gasteiger partial charge in [-0.3, -0.25) is 9.13 Å². The molecule has 0 amide bonds. The normalized spacial score (nSPS) is 11.6. The van der Waals surface area contributed by atoms with Crippen molar-refractivity contribution in [3.8, 4) is 45.8 Å². The van der Waals surface area contributed by atoms with Crippen LogP contribution < -0.4 is 0 Å². The second-order valence-electron chi connectivity index (χ2n) is 12.4. The molecule has 6 nitrogen and oxygen atoms in total. The zero-order valence-corrected chi connectivity index (χ0v) is 26.8. The topological polar surface area (TPSA) is 61.4 Å². The molecule has 0 bridgehead atoms. The Bertz CT molecular complexity index is 2780. The van der Waals surface area contributed by atoms with Gasteiger partial charge in [0.15, 0.2) is 11.6 Å². The van der Waals surface area contributed by atoms with Crippen LogP contribution in [0.25, 0.3) is 89.4 Å². The van der Waals surface area contributed by atoms with Gasteiger partial charge in [-0.05, 0) is 41.8 Å². The van der Waals surface area contributed by atoms with Crippen LogP contribution in [-0.2, 0) is 0 Å². The van der Waals surface area contributed by atoms with Crippen LogP contribution in [0.1, 0.15) is 0 Å². The number of fused-ring (bicyclic) bond motifs is 6. The van der Waals surface area contributed by atoms with E-state index in [9.17, 15) is 0 Å². The predicted molar refractivity (Wildman–Crippen MR) is 203 cm³/mol. The van der Waals surface area contributed by atoms with Crippen LogP contribution in [0.5, 0.6) is 0 Å². The third-order valence-electron chi connectivity index (χ3n) is 9.37. The molecule has 6 heteroatoms. The molecule has 0 saturated carbocycles. The smallest absolute Gasteiger partial charge is 0.238 e. The van der Waals surface area contributed by atoms with Crippen LogP contribution in [0.3, 0.4) is 0 Å². The molecule has 0 unspecified atom stereocenters. The third-order valence-corrected chi connectivity index (χ3v) is 9.37. The van der Waals surface area contributed by atoms with Gasteiger partial charge in [0.1, 0.15) is 5.82 Å². The lowest BCUT2D eigenvalue weighted by molar-refractivity contribution is 0.954. The van der Waals surface area contributed by atoms with Crippen molar-refractivity contribution in [3.63, 3.8) is 0 Å². The Balaban J connectivity index is 1.29. The van der Waals surface area contributed by atoms with Crippen LogP contribution in [0.15, 0.2) is 170 Å². The number of hydrogen-bond acceptors (Lipinski definition) is 4.